The number of carbonyl (C=O) groups is 1. The van der Waals surface area contributed by atoms with Gasteiger partial charge in [-0.15, -0.1) is 0 Å². The Morgan fingerprint density at radius 2 is 2.19 bits per heavy atom. The lowest BCUT2D eigenvalue weighted by atomic mass is 10.1. The maximum Gasteiger partial charge on any atom is 0.262 e. The zero-order valence-electron chi connectivity index (χ0n) is 11.0. The van der Waals surface area contributed by atoms with Crippen LogP contribution in [0.15, 0.2) is 18.2 Å². The summed E-state index contributed by atoms with van der Waals surface area (Å²) in [7, 11) is 0. The molecule has 2 N–H and O–H groups in total. The molecule has 2 fully saturated rings. The summed E-state index contributed by atoms with van der Waals surface area (Å²) in [4.78, 5) is 11.9. The molecule has 21 heavy (non-hydrogen) atoms. The van der Waals surface area contributed by atoms with Crippen molar-refractivity contribution in [1.29, 1.82) is 0 Å². The molecule has 3 rings (SSSR count). The van der Waals surface area contributed by atoms with E-state index in [4.69, 9.17) is 11.6 Å². The van der Waals surface area contributed by atoms with Crippen LogP contribution in [0.4, 0.5) is 13.2 Å². The molecule has 0 radical (unpaired) electrons. The van der Waals surface area contributed by atoms with Crippen molar-refractivity contribution in [2.45, 2.75) is 36.8 Å². The first-order valence-corrected chi connectivity index (χ1v) is 7.11. The van der Waals surface area contributed by atoms with Crippen molar-refractivity contribution in [3.8, 4) is 0 Å². The second-order valence-electron chi connectivity index (χ2n) is 5.59. The van der Waals surface area contributed by atoms with Crippen LogP contribution in [0.1, 0.15) is 24.3 Å². The van der Waals surface area contributed by atoms with Gasteiger partial charge < -0.3 is 5.32 Å². The number of carbonyl (C=O) groups excluding carboxylic acids is 1. The van der Waals surface area contributed by atoms with Gasteiger partial charge in [0.1, 0.15) is 5.82 Å². The first kappa shape index (κ1) is 14.7. The monoisotopic (exact) mass is 318 g/mol. The van der Waals surface area contributed by atoms with E-state index in [0.717, 1.165) is 0 Å². The van der Waals surface area contributed by atoms with Crippen LogP contribution >= 0.6 is 11.6 Å². The number of halogens is 4. The summed E-state index contributed by atoms with van der Waals surface area (Å²) in [5, 5.41) is 5.49. The summed E-state index contributed by atoms with van der Waals surface area (Å²) in [6, 6.07) is 3.29. The highest BCUT2D eigenvalue weighted by molar-refractivity contribution is 6.31. The van der Waals surface area contributed by atoms with Gasteiger partial charge in [0.25, 0.3) is 5.92 Å². The lowest BCUT2D eigenvalue weighted by molar-refractivity contribution is -0.123. The predicted molar refractivity (Wildman–Crippen MR) is 72.1 cm³/mol. The Bertz CT molecular complexity index is 561. The van der Waals surface area contributed by atoms with Crippen LogP contribution in [-0.4, -0.2) is 30.5 Å². The van der Waals surface area contributed by atoms with E-state index in [1.165, 1.54) is 12.1 Å². The summed E-state index contributed by atoms with van der Waals surface area (Å²) in [6.45, 7) is -0.488. The Morgan fingerprint density at radius 1 is 1.43 bits per heavy atom. The molecule has 0 aromatic heterocycles. The van der Waals surface area contributed by atoms with Crippen LogP contribution in [0.25, 0.3) is 0 Å². The largest absolute Gasteiger partial charge is 0.351 e. The van der Waals surface area contributed by atoms with Crippen LogP contribution in [0, 0.1) is 5.82 Å². The summed E-state index contributed by atoms with van der Waals surface area (Å²) in [5.41, 5.74) is 0.383. The second-order valence-corrected chi connectivity index (χ2v) is 5.99. The van der Waals surface area contributed by atoms with Crippen molar-refractivity contribution >= 4 is 17.5 Å². The number of hydrogen-bond acceptors (Lipinski definition) is 2. The third-order valence-corrected chi connectivity index (χ3v) is 4.24. The highest BCUT2D eigenvalue weighted by Gasteiger charge is 2.46. The molecule has 1 aliphatic heterocycles. The molecule has 3 atom stereocenters. The summed E-state index contributed by atoms with van der Waals surface area (Å²) in [5.74, 6) is -3.91. The van der Waals surface area contributed by atoms with E-state index in [1.807, 2.05) is 0 Å². The van der Waals surface area contributed by atoms with Gasteiger partial charge in [0.05, 0.1) is 12.6 Å². The van der Waals surface area contributed by atoms with Crippen molar-refractivity contribution in [2.24, 2.45) is 0 Å². The Labute approximate surface area is 124 Å². The molecular formula is C14H14ClF3N2O. The van der Waals surface area contributed by atoms with E-state index in [1.54, 1.807) is 6.07 Å². The highest BCUT2D eigenvalue weighted by Crippen LogP contribution is 2.45. The van der Waals surface area contributed by atoms with Crippen molar-refractivity contribution in [3.05, 3.63) is 34.6 Å². The minimum absolute atomic E-state index is 0.190. The first-order valence-electron chi connectivity index (χ1n) is 6.73. The average Bonchev–Trinajstić information content (AvgIpc) is 3.02. The van der Waals surface area contributed by atoms with Gasteiger partial charge in [-0.25, -0.2) is 13.2 Å². The van der Waals surface area contributed by atoms with Gasteiger partial charge in [-0.05, 0) is 18.6 Å². The maximum atomic E-state index is 13.7. The molecule has 1 amide bonds. The molecule has 0 bridgehead atoms. The van der Waals surface area contributed by atoms with E-state index >= 15 is 0 Å². The number of benzene rings is 1. The van der Waals surface area contributed by atoms with E-state index in [0.29, 0.717) is 17.0 Å². The Kier molecular flexibility index (Phi) is 3.61. The Morgan fingerprint density at radius 3 is 2.81 bits per heavy atom. The molecule has 1 saturated heterocycles. The van der Waals surface area contributed by atoms with E-state index in [2.05, 4.69) is 10.6 Å². The fraction of sp³-hybridized carbons (Fsp3) is 0.500. The maximum absolute atomic E-state index is 13.7. The Hall–Kier alpha value is -1.27. The zero-order chi connectivity index (χ0) is 15.2. The molecular weight excluding hydrogens is 305 g/mol. The number of alkyl halides is 2. The normalized spacial score (nSPS) is 30.2. The molecule has 114 valence electrons. The fourth-order valence-corrected chi connectivity index (χ4v) is 3.03. The molecule has 3 unspecified atom stereocenters. The van der Waals surface area contributed by atoms with Crippen LogP contribution in [-0.2, 0) is 4.79 Å². The molecule has 1 heterocycles. The summed E-state index contributed by atoms with van der Waals surface area (Å²) >= 11 is 5.97. The first-order chi connectivity index (χ1) is 9.87. The van der Waals surface area contributed by atoms with Crippen molar-refractivity contribution in [2.75, 3.05) is 6.54 Å². The molecule has 1 aromatic carbocycles. The van der Waals surface area contributed by atoms with Gasteiger partial charge in [0, 0.05) is 29.0 Å². The van der Waals surface area contributed by atoms with Gasteiger partial charge >= 0.3 is 0 Å². The van der Waals surface area contributed by atoms with Crippen molar-refractivity contribution in [3.63, 3.8) is 0 Å². The third kappa shape index (κ3) is 3.01. The standard InChI is InChI=1S/C14H14ClF3N2O/c15-8-2-1-3-9(16)12(8)7-4-10(7)20-13(21)11-5-14(17,18)6-19-11/h1-3,7,10-11,19H,4-6H2,(H,20,21). The number of amides is 1. The Balaban J connectivity index is 1.61. The van der Waals surface area contributed by atoms with Crippen molar-refractivity contribution < 1.29 is 18.0 Å². The predicted octanol–water partition coefficient (Wildman–Crippen LogP) is 2.45. The summed E-state index contributed by atoms with van der Waals surface area (Å²) < 4.78 is 39.8. The fourth-order valence-electron chi connectivity index (χ4n) is 2.72. The lowest BCUT2D eigenvalue weighted by Gasteiger charge is -2.11. The van der Waals surface area contributed by atoms with Gasteiger partial charge in [-0.1, -0.05) is 17.7 Å². The molecule has 3 nitrogen and oxygen atoms in total. The lowest BCUT2D eigenvalue weighted by Crippen LogP contribution is -2.41. The van der Waals surface area contributed by atoms with E-state index in [9.17, 15) is 18.0 Å². The van der Waals surface area contributed by atoms with Crippen LogP contribution in [0.2, 0.25) is 5.02 Å². The topological polar surface area (TPSA) is 41.1 Å². The van der Waals surface area contributed by atoms with Gasteiger partial charge in [-0.2, -0.15) is 0 Å². The number of hydrogen-bond donors (Lipinski definition) is 2. The van der Waals surface area contributed by atoms with Crippen LogP contribution < -0.4 is 10.6 Å². The molecule has 2 aliphatic rings. The molecule has 1 saturated carbocycles. The zero-order valence-corrected chi connectivity index (χ0v) is 11.8. The van der Waals surface area contributed by atoms with Gasteiger partial charge in [0.15, 0.2) is 0 Å². The third-order valence-electron chi connectivity index (χ3n) is 3.91. The summed E-state index contributed by atoms with van der Waals surface area (Å²) in [6.07, 6.45) is 0.0617. The SMILES string of the molecule is O=C(NC1CC1c1c(F)cccc1Cl)C1CC(F)(F)CN1. The molecule has 0 spiro atoms. The van der Waals surface area contributed by atoms with Gasteiger partial charge in [0.2, 0.25) is 5.91 Å². The minimum Gasteiger partial charge on any atom is -0.351 e. The highest BCUT2D eigenvalue weighted by atomic mass is 35.5. The minimum atomic E-state index is -2.85. The molecule has 1 aromatic rings. The average molecular weight is 319 g/mol. The van der Waals surface area contributed by atoms with Crippen LogP contribution in [0.5, 0.6) is 0 Å². The van der Waals surface area contributed by atoms with Gasteiger partial charge in [-0.3, -0.25) is 10.1 Å². The molecule has 1 aliphatic carbocycles. The smallest absolute Gasteiger partial charge is 0.262 e. The quantitative estimate of drug-likeness (QED) is 0.899. The number of nitrogens with one attached hydrogen (secondary N) is 2. The molecule has 7 heteroatoms. The van der Waals surface area contributed by atoms with Crippen LogP contribution in [0.3, 0.4) is 0 Å². The second kappa shape index (κ2) is 5.18. The van der Waals surface area contributed by atoms with E-state index in [-0.39, 0.29) is 12.0 Å². The van der Waals surface area contributed by atoms with E-state index < -0.39 is 36.7 Å². The number of rotatable bonds is 3. The van der Waals surface area contributed by atoms with Crippen molar-refractivity contribution in [1.82, 2.24) is 10.6 Å².